The van der Waals surface area contributed by atoms with E-state index in [9.17, 15) is 9.59 Å². The summed E-state index contributed by atoms with van der Waals surface area (Å²) in [7, 11) is 0. The van der Waals surface area contributed by atoms with Crippen LogP contribution < -0.4 is 5.69 Å². The van der Waals surface area contributed by atoms with Crippen molar-refractivity contribution in [2.45, 2.75) is 20.0 Å². The third kappa shape index (κ3) is 3.03. The summed E-state index contributed by atoms with van der Waals surface area (Å²) < 4.78 is 6.70. The number of fused-ring (bicyclic) bond motifs is 1. The zero-order valence-corrected chi connectivity index (χ0v) is 13.9. The number of benzene rings is 2. The number of para-hydroxylation sites is 1. The van der Waals surface area contributed by atoms with Gasteiger partial charge in [-0.1, -0.05) is 29.8 Å². The van der Waals surface area contributed by atoms with Crippen LogP contribution in [0.5, 0.6) is 0 Å². The van der Waals surface area contributed by atoms with Crippen molar-refractivity contribution in [2.75, 3.05) is 0 Å². The van der Waals surface area contributed by atoms with E-state index >= 15 is 0 Å². The highest BCUT2D eigenvalue weighted by atomic mass is 35.5. The number of esters is 1. The minimum absolute atomic E-state index is 0.389. The summed E-state index contributed by atoms with van der Waals surface area (Å²) in [6.07, 6.45) is -0.651. The molecule has 6 heteroatoms. The van der Waals surface area contributed by atoms with E-state index in [2.05, 4.69) is 4.98 Å². The summed E-state index contributed by atoms with van der Waals surface area (Å²) in [4.78, 5) is 28.0. The van der Waals surface area contributed by atoms with E-state index in [1.54, 1.807) is 25.1 Å². The lowest BCUT2D eigenvalue weighted by molar-refractivity contribution is -0.145. The minimum Gasteiger partial charge on any atom is -0.456 e. The Bertz CT molecular complexity index is 967. The summed E-state index contributed by atoms with van der Waals surface area (Å²) in [6, 6.07) is 14.4. The van der Waals surface area contributed by atoms with Gasteiger partial charge in [-0.3, -0.25) is 9.36 Å². The maximum Gasteiger partial charge on any atom is 0.353 e. The molecule has 122 valence electrons. The number of hydrogen-bond acceptors (Lipinski definition) is 4. The van der Waals surface area contributed by atoms with E-state index in [0.717, 1.165) is 0 Å². The first-order valence-electron chi connectivity index (χ1n) is 7.42. The number of nitrogens with zero attached hydrogens (tertiary/aromatic N) is 2. The fourth-order valence-corrected chi connectivity index (χ4v) is 2.84. The number of halogens is 1. The Labute approximate surface area is 143 Å². The van der Waals surface area contributed by atoms with Gasteiger partial charge in [-0.05, 0) is 37.3 Å². The molecule has 24 heavy (non-hydrogen) atoms. The Morgan fingerprint density at radius 1 is 1.21 bits per heavy atom. The molecule has 0 saturated carbocycles. The van der Waals surface area contributed by atoms with Crippen molar-refractivity contribution in [2.24, 2.45) is 0 Å². The molecular weight excluding hydrogens is 328 g/mol. The molecule has 1 atom stereocenters. The lowest BCUT2D eigenvalue weighted by atomic mass is 10.1. The Morgan fingerprint density at radius 3 is 2.58 bits per heavy atom. The average molecular weight is 343 g/mol. The van der Waals surface area contributed by atoms with Crippen LogP contribution in [0.4, 0.5) is 0 Å². The van der Waals surface area contributed by atoms with Crippen LogP contribution in [0, 0.1) is 0 Å². The molecule has 0 radical (unpaired) electrons. The van der Waals surface area contributed by atoms with Crippen molar-refractivity contribution in [1.29, 1.82) is 0 Å². The van der Waals surface area contributed by atoms with Crippen molar-refractivity contribution in [3.05, 3.63) is 69.7 Å². The monoisotopic (exact) mass is 342 g/mol. The maximum atomic E-state index is 12.6. The van der Waals surface area contributed by atoms with Crippen LogP contribution in [-0.4, -0.2) is 15.5 Å². The third-order valence-corrected chi connectivity index (χ3v) is 3.86. The standard InChI is InChI=1S/C18H15ClN2O3/c1-11(24-12(2)22)17-15-10-13(19)8-9-16(15)21(18(23)20-17)14-6-4-3-5-7-14/h3-11H,1-2H3. The molecule has 1 aromatic heterocycles. The summed E-state index contributed by atoms with van der Waals surface area (Å²) in [5.41, 5.74) is 1.30. The van der Waals surface area contributed by atoms with E-state index in [4.69, 9.17) is 16.3 Å². The highest BCUT2D eigenvalue weighted by Crippen LogP contribution is 2.27. The van der Waals surface area contributed by atoms with E-state index < -0.39 is 17.8 Å². The van der Waals surface area contributed by atoms with Gasteiger partial charge in [-0.25, -0.2) is 4.79 Å². The molecule has 0 saturated heterocycles. The van der Waals surface area contributed by atoms with Gasteiger partial charge in [0.25, 0.3) is 0 Å². The van der Waals surface area contributed by atoms with Gasteiger partial charge in [-0.2, -0.15) is 4.98 Å². The highest BCUT2D eigenvalue weighted by molar-refractivity contribution is 6.31. The van der Waals surface area contributed by atoms with Crippen molar-refractivity contribution in [3.63, 3.8) is 0 Å². The lowest BCUT2D eigenvalue weighted by Gasteiger charge is -2.17. The molecule has 1 unspecified atom stereocenters. The molecule has 1 heterocycles. The molecule has 0 aliphatic heterocycles. The summed E-state index contributed by atoms with van der Waals surface area (Å²) >= 11 is 6.12. The van der Waals surface area contributed by atoms with Crippen molar-refractivity contribution in [1.82, 2.24) is 9.55 Å². The second kappa shape index (κ2) is 6.45. The van der Waals surface area contributed by atoms with Crippen molar-refractivity contribution >= 4 is 28.5 Å². The molecule has 0 N–H and O–H groups in total. The van der Waals surface area contributed by atoms with Gasteiger partial charge in [0, 0.05) is 17.3 Å². The first-order valence-corrected chi connectivity index (χ1v) is 7.80. The molecule has 3 rings (SSSR count). The SMILES string of the molecule is CC(=O)OC(C)c1nc(=O)n(-c2ccccc2)c2ccc(Cl)cc12. The predicted octanol–water partition coefficient (Wildman–Crippen LogP) is 3.66. The average Bonchev–Trinajstić information content (AvgIpc) is 2.54. The van der Waals surface area contributed by atoms with Gasteiger partial charge in [0.1, 0.15) is 6.10 Å². The van der Waals surface area contributed by atoms with Crippen LogP contribution in [-0.2, 0) is 9.53 Å². The van der Waals surface area contributed by atoms with Gasteiger partial charge in [0.2, 0.25) is 0 Å². The topological polar surface area (TPSA) is 61.2 Å². The number of rotatable bonds is 3. The maximum absolute atomic E-state index is 12.6. The summed E-state index contributed by atoms with van der Waals surface area (Å²) in [5, 5.41) is 1.18. The number of hydrogen-bond donors (Lipinski definition) is 0. The molecule has 0 bridgehead atoms. The second-order valence-electron chi connectivity index (χ2n) is 5.36. The Hall–Kier alpha value is -2.66. The van der Waals surface area contributed by atoms with E-state index in [-0.39, 0.29) is 0 Å². The van der Waals surface area contributed by atoms with Gasteiger partial charge >= 0.3 is 11.7 Å². The largest absolute Gasteiger partial charge is 0.456 e. The molecule has 0 fully saturated rings. The van der Waals surface area contributed by atoms with Crippen LogP contribution in [0.2, 0.25) is 5.02 Å². The van der Waals surface area contributed by atoms with Gasteiger partial charge < -0.3 is 4.74 Å². The van der Waals surface area contributed by atoms with Gasteiger partial charge in [-0.15, -0.1) is 0 Å². The van der Waals surface area contributed by atoms with E-state index in [1.807, 2.05) is 30.3 Å². The van der Waals surface area contributed by atoms with E-state index in [1.165, 1.54) is 11.5 Å². The fourth-order valence-electron chi connectivity index (χ4n) is 2.67. The molecular formula is C18H15ClN2O3. The first-order chi connectivity index (χ1) is 11.5. The summed E-state index contributed by atoms with van der Waals surface area (Å²) in [6.45, 7) is 2.99. The third-order valence-electron chi connectivity index (χ3n) is 3.63. The molecule has 0 aliphatic rings. The number of carbonyl (C=O) groups is 1. The van der Waals surface area contributed by atoms with Gasteiger partial charge in [0.05, 0.1) is 16.9 Å². The zero-order chi connectivity index (χ0) is 17.3. The highest BCUT2D eigenvalue weighted by Gasteiger charge is 2.18. The normalized spacial score (nSPS) is 12.1. The molecule has 0 spiro atoms. The Morgan fingerprint density at radius 2 is 1.92 bits per heavy atom. The fraction of sp³-hybridized carbons (Fsp3) is 0.167. The molecule has 3 aromatic rings. The minimum atomic E-state index is -0.651. The van der Waals surface area contributed by atoms with E-state index in [0.29, 0.717) is 27.3 Å². The lowest BCUT2D eigenvalue weighted by Crippen LogP contribution is -2.25. The van der Waals surface area contributed by atoms with Crippen LogP contribution >= 0.6 is 11.6 Å². The van der Waals surface area contributed by atoms with Crippen LogP contribution in [0.15, 0.2) is 53.3 Å². The molecule has 0 amide bonds. The predicted molar refractivity (Wildman–Crippen MR) is 92.5 cm³/mol. The van der Waals surface area contributed by atoms with Crippen LogP contribution in [0.3, 0.4) is 0 Å². The molecule has 2 aromatic carbocycles. The van der Waals surface area contributed by atoms with Crippen LogP contribution in [0.1, 0.15) is 25.6 Å². The molecule has 0 aliphatic carbocycles. The smallest absolute Gasteiger partial charge is 0.353 e. The quantitative estimate of drug-likeness (QED) is 0.681. The summed E-state index contributed by atoms with van der Waals surface area (Å²) in [5.74, 6) is -0.438. The zero-order valence-electron chi connectivity index (χ0n) is 13.2. The second-order valence-corrected chi connectivity index (χ2v) is 5.80. The number of ether oxygens (including phenoxy) is 1. The van der Waals surface area contributed by atoms with Gasteiger partial charge in [0.15, 0.2) is 0 Å². The Balaban J connectivity index is 2.32. The Kier molecular flexibility index (Phi) is 4.36. The van der Waals surface area contributed by atoms with Crippen molar-refractivity contribution < 1.29 is 9.53 Å². The van der Waals surface area contributed by atoms with Crippen molar-refractivity contribution in [3.8, 4) is 5.69 Å². The first kappa shape index (κ1) is 16.2. The number of aromatic nitrogens is 2. The molecule has 5 nitrogen and oxygen atoms in total. The number of carbonyl (C=O) groups excluding carboxylic acids is 1. The van der Waals surface area contributed by atoms with Crippen LogP contribution in [0.25, 0.3) is 16.6 Å².